The fourth-order valence-electron chi connectivity index (χ4n) is 3.12. The van der Waals surface area contributed by atoms with Gasteiger partial charge in [0.25, 0.3) is 0 Å². The summed E-state index contributed by atoms with van der Waals surface area (Å²) in [7, 11) is 0. The van der Waals surface area contributed by atoms with Gasteiger partial charge in [-0.3, -0.25) is 4.79 Å². The van der Waals surface area contributed by atoms with Crippen molar-refractivity contribution in [2.75, 3.05) is 5.32 Å². The summed E-state index contributed by atoms with van der Waals surface area (Å²) in [5.41, 5.74) is 2.20. The van der Waals surface area contributed by atoms with Gasteiger partial charge in [-0.15, -0.1) is 0 Å². The Balaban J connectivity index is 1.62. The Morgan fingerprint density at radius 3 is 2.86 bits per heavy atom. The highest BCUT2D eigenvalue weighted by molar-refractivity contribution is 6.30. The van der Waals surface area contributed by atoms with Crippen molar-refractivity contribution in [1.82, 2.24) is 29.5 Å². The molecule has 1 aliphatic carbocycles. The minimum Gasteiger partial charge on any atom is -0.310 e. The largest absolute Gasteiger partial charge is 0.310 e. The molecule has 1 N–H and O–H groups in total. The number of nitrogens with one attached hydrogen (secondary N) is 1. The van der Waals surface area contributed by atoms with Crippen LogP contribution in [0.4, 0.5) is 5.82 Å². The summed E-state index contributed by atoms with van der Waals surface area (Å²) in [6, 6.07) is 9.21. The number of benzene rings is 1. The third-order valence-corrected chi connectivity index (χ3v) is 4.86. The topological polar surface area (TPSA) is 90.5 Å². The quantitative estimate of drug-likeness (QED) is 0.574. The fraction of sp³-hybridized carbons (Fsp3) is 0.211. The number of rotatable bonds is 4. The van der Waals surface area contributed by atoms with Crippen LogP contribution in [0.2, 0.25) is 5.02 Å². The summed E-state index contributed by atoms with van der Waals surface area (Å²) < 4.78 is 3.33. The first-order valence-electron chi connectivity index (χ1n) is 8.93. The monoisotopic (exact) mass is 393 g/mol. The number of aryl methyl sites for hydroxylation is 1. The number of amides is 1. The first kappa shape index (κ1) is 16.9. The van der Waals surface area contributed by atoms with Gasteiger partial charge in [-0.1, -0.05) is 17.7 Å². The first-order valence-corrected chi connectivity index (χ1v) is 9.30. The second-order valence-electron chi connectivity index (χ2n) is 6.82. The molecule has 0 saturated heterocycles. The van der Waals surface area contributed by atoms with Crippen LogP contribution in [0.1, 0.15) is 18.5 Å². The summed E-state index contributed by atoms with van der Waals surface area (Å²) in [5, 5.41) is 13.3. The van der Waals surface area contributed by atoms with E-state index in [4.69, 9.17) is 11.6 Å². The number of carbonyl (C=O) groups is 1. The van der Waals surface area contributed by atoms with E-state index in [0.29, 0.717) is 27.7 Å². The summed E-state index contributed by atoms with van der Waals surface area (Å²) in [4.78, 5) is 21.0. The minimum absolute atomic E-state index is 0.0149. The van der Waals surface area contributed by atoms with Crippen LogP contribution in [-0.2, 0) is 4.79 Å². The maximum Gasteiger partial charge on any atom is 0.228 e. The minimum atomic E-state index is 0.0149. The van der Waals surface area contributed by atoms with Gasteiger partial charge in [0.1, 0.15) is 12.1 Å². The van der Waals surface area contributed by atoms with Crippen LogP contribution >= 0.6 is 11.6 Å². The molecular weight excluding hydrogens is 378 g/mol. The van der Waals surface area contributed by atoms with Crippen LogP contribution in [0.5, 0.6) is 0 Å². The van der Waals surface area contributed by atoms with Crippen LogP contribution in [0.25, 0.3) is 22.5 Å². The van der Waals surface area contributed by atoms with Gasteiger partial charge >= 0.3 is 0 Å². The van der Waals surface area contributed by atoms with Crippen molar-refractivity contribution in [1.29, 1.82) is 0 Å². The zero-order chi connectivity index (χ0) is 19.3. The first-order chi connectivity index (χ1) is 13.6. The van der Waals surface area contributed by atoms with Gasteiger partial charge in [0.2, 0.25) is 5.91 Å². The molecule has 0 spiro atoms. The lowest BCUT2D eigenvalue weighted by atomic mass is 10.3. The van der Waals surface area contributed by atoms with Crippen molar-refractivity contribution < 1.29 is 4.79 Å². The molecule has 0 radical (unpaired) electrons. The van der Waals surface area contributed by atoms with Crippen LogP contribution in [-0.4, -0.2) is 35.4 Å². The number of fused-ring (bicyclic) bond motifs is 1. The highest BCUT2D eigenvalue weighted by atomic mass is 35.5. The molecule has 1 fully saturated rings. The van der Waals surface area contributed by atoms with Gasteiger partial charge in [-0.25, -0.2) is 14.6 Å². The molecule has 0 atom stereocenters. The van der Waals surface area contributed by atoms with E-state index in [1.807, 2.05) is 31.2 Å². The van der Waals surface area contributed by atoms with Crippen molar-refractivity contribution in [3.63, 3.8) is 0 Å². The molecule has 3 aromatic heterocycles. The number of anilines is 1. The fourth-order valence-corrected chi connectivity index (χ4v) is 3.31. The van der Waals surface area contributed by atoms with Crippen molar-refractivity contribution in [3.05, 3.63) is 53.6 Å². The molecule has 1 aliphatic rings. The summed E-state index contributed by atoms with van der Waals surface area (Å²) in [5.74, 6) is 1.25. The number of carbonyl (C=O) groups excluding carboxylic acids is 1. The van der Waals surface area contributed by atoms with Crippen molar-refractivity contribution in [3.8, 4) is 11.5 Å². The van der Waals surface area contributed by atoms with E-state index in [1.165, 1.54) is 6.33 Å². The molecule has 140 valence electrons. The third kappa shape index (κ3) is 2.91. The van der Waals surface area contributed by atoms with Crippen LogP contribution in [0.15, 0.2) is 42.9 Å². The van der Waals surface area contributed by atoms with Crippen molar-refractivity contribution in [2.24, 2.45) is 5.92 Å². The van der Waals surface area contributed by atoms with Gasteiger partial charge in [-0.2, -0.15) is 14.9 Å². The molecular formula is C19H16ClN7O. The van der Waals surface area contributed by atoms with E-state index in [9.17, 15) is 4.79 Å². The molecule has 4 aromatic rings. The second-order valence-corrected chi connectivity index (χ2v) is 7.25. The maximum atomic E-state index is 12.2. The molecule has 9 heteroatoms. The van der Waals surface area contributed by atoms with E-state index in [-0.39, 0.29) is 11.8 Å². The third-order valence-electron chi connectivity index (χ3n) is 4.63. The smallest absolute Gasteiger partial charge is 0.228 e. The van der Waals surface area contributed by atoms with Gasteiger partial charge < -0.3 is 5.32 Å². The van der Waals surface area contributed by atoms with Gasteiger partial charge in [0.05, 0.1) is 23.0 Å². The Bertz CT molecular complexity index is 1210. The van der Waals surface area contributed by atoms with E-state index in [1.54, 1.807) is 21.6 Å². The average molecular weight is 394 g/mol. The zero-order valence-electron chi connectivity index (χ0n) is 15.0. The van der Waals surface area contributed by atoms with E-state index < -0.39 is 0 Å². The lowest BCUT2D eigenvalue weighted by Gasteiger charge is -2.09. The highest BCUT2D eigenvalue weighted by Gasteiger charge is 2.30. The van der Waals surface area contributed by atoms with E-state index >= 15 is 0 Å². The highest BCUT2D eigenvalue weighted by Crippen LogP contribution is 2.31. The molecule has 5 rings (SSSR count). The predicted molar refractivity (Wildman–Crippen MR) is 105 cm³/mol. The summed E-state index contributed by atoms with van der Waals surface area (Å²) >= 11 is 6.11. The Kier molecular flexibility index (Phi) is 3.87. The van der Waals surface area contributed by atoms with Gasteiger partial charge in [0.15, 0.2) is 11.5 Å². The Morgan fingerprint density at radius 2 is 2.07 bits per heavy atom. The van der Waals surface area contributed by atoms with Crippen LogP contribution in [0, 0.1) is 12.8 Å². The molecule has 28 heavy (non-hydrogen) atoms. The lowest BCUT2D eigenvalue weighted by Crippen LogP contribution is -2.17. The van der Waals surface area contributed by atoms with Crippen LogP contribution < -0.4 is 5.32 Å². The van der Waals surface area contributed by atoms with Crippen LogP contribution in [0.3, 0.4) is 0 Å². The summed E-state index contributed by atoms with van der Waals surface area (Å²) in [6.45, 7) is 1.87. The lowest BCUT2D eigenvalue weighted by molar-refractivity contribution is -0.117. The predicted octanol–water partition coefficient (Wildman–Crippen LogP) is 3.31. The van der Waals surface area contributed by atoms with Gasteiger partial charge in [0, 0.05) is 17.0 Å². The zero-order valence-corrected chi connectivity index (χ0v) is 15.8. The molecule has 0 aliphatic heterocycles. The Labute approximate surface area is 165 Å². The number of aromatic nitrogens is 6. The number of hydrogen-bond acceptors (Lipinski definition) is 5. The average Bonchev–Trinajstić information content (AvgIpc) is 3.35. The number of hydrogen-bond donors (Lipinski definition) is 1. The standard InChI is InChI=1S/C19H16ClN7O/c1-11-7-16(24-19(28)12-5-6-12)27(25-11)18-15-9-23-26(17(15)21-10-22-18)14-4-2-3-13(20)8-14/h2-4,7-10,12H,5-6H2,1H3,(H,24,28). The second kappa shape index (κ2) is 6.42. The SMILES string of the molecule is Cc1cc(NC(=O)C2CC2)n(-c2ncnc3c2cnn3-c2cccc(Cl)c2)n1. The number of nitrogens with zero attached hydrogens (tertiary/aromatic N) is 6. The van der Waals surface area contributed by atoms with Crippen molar-refractivity contribution >= 4 is 34.4 Å². The normalized spacial score (nSPS) is 13.8. The van der Waals surface area contributed by atoms with E-state index in [0.717, 1.165) is 24.2 Å². The molecule has 8 nitrogen and oxygen atoms in total. The molecule has 1 saturated carbocycles. The van der Waals surface area contributed by atoms with E-state index in [2.05, 4.69) is 25.5 Å². The van der Waals surface area contributed by atoms with Gasteiger partial charge in [-0.05, 0) is 38.0 Å². The Morgan fingerprint density at radius 1 is 1.21 bits per heavy atom. The molecule has 1 aromatic carbocycles. The van der Waals surface area contributed by atoms with Crippen molar-refractivity contribution in [2.45, 2.75) is 19.8 Å². The maximum absolute atomic E-state index is 12.2. The summed E-state index contributed by atoms with van der Waals surface area (Å²) in [6.07, 6.45) is 5.02. The molecule has 0 unspecified atom stereocenters. The molecule has 0 bridgehead atoms. The molecule has 1 amide bonds. The number of halogens is 1. The molecule has 3 heterocycles. The Hall–Kier alpha value is -3.26.